The van der Waals surface area contributed by atoms with E-state index in [4.69, 9.17) is 4.74 Å². The largest absolute Gasteiger partial charge is 0.384 e. The first-order valence-corrected chi connectivity index (χ1v) is 8.30. The molecule has 0 bridgehead atoms. The lowest BCUT2D eigenvalue weighted by molar-refractivity contribution is 0.0667. The van der Waals surface area contributed by atoms with Crippen molar-refractivity contribution in [2.75, 3.05) is 13.7 Å². The van der Waals surface area contributed by atoms with Gasteiger partial charge in [0.15, 0.2) is 0 Å². The highest BCUT2D eigenvalue weighted by atomic mass is 16.5. The first-order valence-electron chi connectivity index (χ1n) is 8.30. The van der Waals surface area contributed by atoms with Crippen LogP contribution in [0.2, 0.25) is 0 Å². The van der Waals surface area contributed by atoms with E-state index in [2.05, 4.69) is 31.2 Å². The Bertz CT molecular complexity index is 555. The Morgan fingerprint density at radius 1 is 1.36 bits per heavy atom. The van der Waals surface area contributed by atoms with Gasteiger partial charge in [0.05, 0.1) is 12.1 Å². The Balaban J connectivity index is 1.73. The Hall–Kier alpha value is -1.36. The van der Waals surface area contributed by atoms with Gasteiger partial charge in [-0.1, -0.05) is 0 Å². The van der Waals surface area contributed by atoms with Crippen molar-refractivity contribution in [3.63, 3.8) is 0 Å². The van der Waals surface area contributed by atoms with E-state index in [1.165, 1.54) is 18.5 Å². The molecule has 0 saturated heterocycles. The first kappa shape index (κ1) is 15.5. The summed E-state index contributed by atoms with van der Waals surface area (Å²) in [7, 11) is 1.71. The second-order valence-electron chi connectivity index (χ2n) is 7.68. The number of nitrogens with zero attached hydrogens (tertiary/aromatic N) is 2. The minimum absolute atomic E-state index is 0.0456. The molecule has 5 nitrogen and oxygen atoms in total. The van der Waals surface area contributed by atoms with Crippen molar-refractivity contribution in [3.8, 4) is 0 Å². The van der Waals surface area contributed by atoms with E-state index in [1.807, 2.05) is 10.7 Å². The zero-order valence-electron chi connectivity index (χ0n) is 14.1. The third-order valence-electron chi connectivity index (χ3n) is 4.72. The van der Waals surface area contributed by atoms with Gasteiger partial charge in [0.25, 0.3) is 5.91 Å². The molecular formula is C17H27N3O2. The van der Waals surface area contributed by atoms with Gasteiger partial charge in [0.2, 0.25) is 0 Å². The molecule has 2 aliphatic carbocycles. The van der Waals surface area contributed by atoms with Crippen LogP contribution in [0.3, 0.4) is 0 Å². The number of hydrogen-bond donors (Lipinski definition) is 1. The van der Waals surface area contributed by atoms with Gasteiger partial charge in [0.1, 0.15) is 5.69 Å². The average Bonchev–Trinajstić information content (AvgIpc) is 3.17. The summed E-state index contributed by atoms with van der Waals surface area (Å²) in [6, 6.07) is 2.22. The Labute approximate surface area is 132 Å². The van der Waals surface area contributed by atoms with E-state index in [-0.39, 0.29) is 17.5 Å². The van der Waals surface area contributed by atoms with Crippen LogP contribution < -0.4 is 5.32 Å². The minimum atomic E-state index is -0.0918. The van der Waals surface area contributed by atoms with Crippen LogP contribution in [0.1, 0.15) is 68.6 Å². The highest BCUT2D eigenvalue weighted by molar-refractivity contribution is 5.92. The molecule has 0 aliphatic heterocycles. The van der Waals surface area contributed by atoms with E-state index in [0.717, 1.165) is 12.8 Å². The molecule has 1 N–H and O–H groups in total. The number of carbonyl (C=O) groups is 1. The minimum Gasteiger partial charge on any atom is -0.384 e. The molecule has 22 heavy (non-hydrogen) atoms. The van der Waals surface area contributed by atoms with Gasteiger partial charge in [-0.25, -0.2) is 0 Å². The monoisotopic (exact) mass is 305 g/mol. The molecule has 2 saturated carbocycles. The van der Waals surface area contributed by atoms with E-state index in [1.54, 1.807) is 7.11 Å². The van der Waals surface area contributed by atoms with Crippen molar-refractivity contribution in [2.24, 2.45) is 5.92 Å². The lowest BCUT2D eigenvalue weighted by atomic mass is 9.80. The molecule has 0 spiro atoms. The van der Waals surface area contributed by atoms with Crippen LogP contribution >= 0.6 is 0 Å². The molecule has 2 atom stereocenters. The van der Waals surface area contributed by atoms with Gasteiger partial charge in [0, 0.05) is 30.7 Å². The molecule has 1 aromatic rings. The Kier molecular flexibility index (Phi) is 4.02. The van der Waals surface area contributed by atoms with Crippen molar-refractivity contribution < 1.29 is 9.53 Å². The first-order chi connectivity index (χ1) is 10.4. The van der Waals surface area contributed by atoms with E-state index < -0.39 is 0 Å². The fraction of sp³-hybridized carbons (Fsp3) is 0.765. The highest BCUT2D eigenvalue weighted by Crippen LogP contribution is 2.41. The number of methoxy groups -OCH3 is 1. The number of aromatic nitrogens is 2. The maximum Gasteiger partial charge on any atom is 0.272 e. The Morgan fingerprint density at radius 2 is 2.09 bits per heavy atom. The molecule has 0 radical (unpaired) electrons. The fourth-order valence-corrected chi connectivity index (χ4v) is 3.13. The lowest BCUT2D eigenvalue weighted by Crippen LogP contribution is -2.48. The number of rotatable bonds is 5. The standard InChI is InChI=1S/C17H27N3O2/c1-17(2,3)20-15(11-5-6-11)9-14(19-20)16(21)18-13-8-7-12(13)10-22-4/h9,11-13H,5-8,10H2,1-4H3,(H,18,21)/t12-,13-/m1/s1. The second-order valence-corrected chi connectivity index (χ2v) is 7.68. The quantitative estimate of drug-likeness (QED) is 0.910. The van der Waals surface area contributed by atoms with Gasteiger partial charge in [-0.3, -0.25) is 9.48 Å². The summed E-state index contributed by atoms with van der Waals surface area (Å²) < 4.78 is 7.23. The maximum atomic E-state index is 12.5. The van der Waals surface area contributed by atoms with Crippen molar-refractivity contribution in [1.82, 2.24) is 15.1 Å². The number of amides is 1. The summed E-state index contributed by atoms with van der Waals surface area (Å²) in [5.41, 5.74) is 1.67. The topological polar surface area (TPSA) is 56.1 Å². The van der Waals surface area contributed by atoms with Crippen LogP contribution in [-0.4, -0.2) is 35.4 Å². The van der Waals surface area contributed by atoms with E-state index >= 15 is 0 Å². The molecule has 5 heteroatoms. The van der Waals surface area contributed by atoms with Crippen LogP contribution in [0.4, 0.5) is 0 Å². The fourth-order valence-electron chi connectivity index (χ4n) is 3.13. The van der Waals surface area contributed by atoms with E-state index in [0.29, 0.717) is 24.1 Å². The van der Waals surface area contributed by atoms with E-state index in [9.17, 15) is 4.79 Å². The summed E-state index contributed by atoms with van der Waals surface area (Å²) in [6.07, 6.45) is 4.58. The number of hydrogen-bond acceptors (Lipinski definition) is 3. The molecule has 0 aromatic carbocycles. The van der Waals surface area contributed by atoms with Crippen LogP contribution in [0.5, 0.6) is 0 Å². The smallest absolute Gasteiger partial charge is 0.272 e. The Morgan fingerprint density at radius 3 is 2.59 bits per heavy atom. The van der Waals surface area contributed by atoms with Gasteiger partial charge in [-0.05, 0) is 52.5 Å². The summed E-state index contributed by atoms with van der Waals surface area (Å²) >= 11 is 0. The summed E-state index contributed by atoms with van der Waals surface area (Å²) in [6.45, 7) is 7.12. The van der Waals surface area contributed by atoms with Crippen molar-refractivity contribution in [2.45, 2.75) is 64.0 Å². The number of nitrogens with one attached hydrogen (secondary N) is 1. The maximum absolute atomic E-state index is 12.5. The molecule has 2 aliphatic rings. The molecule has 2 fully saturated rings. The normalized spacial score (nSPS) is 24.9. The lowest BCUT2D eigenvalue weighted by Gasteiger charge is -2.36. The van der Waals surface area contributed by atoms with Crippen LogP contribution in [0, 0.1) is 5.92 Å². The predicted octanol–water partition coefficient (Wildman–Crippen LogP) is 2.67. The van der Waals surface area contributed by atoms with Gasteiger partial charge in [-0.2, -0.15) is 5.10 Å². The average molecular weight is 305 g/mol. The van der Waals surface area contributed by atoms with Gasteiger partial charge >= 0.3 is 0 Å². The zero-order chi connectivity index (χ0) is 15.9. The molecule has 1 amide bonds. The van der Waals surface area contributed by atoms with Crippen LogP contribution in [0.15, 0.2) is 6.07 Å². The van der Waals surface area contributed by atoms with Crippen molar-refractivity contribution in [3.05, 3.63) is 17.5 Å². The molecule has 1 heterocycles. The second kappa shape index (κ2) is 5.69. The summed E-state index contributed by atoms with van der Waals surface area (Å²) in [4.78, 5) is 12.5. The van der Waals surface area contributed by atoms with Crippen LogP contribution in [-0.2, 0) is 10.3 Å². The number of carbonyl (C=O) groups excluding carboxylic acids is 1. The van der Waals surface area contributed by atoms with Crippen molar-refractivity contribution >= 4 is 5.91 Å². The van der Waals surface area contributed by atoms with Gasteiger partial charge in [-0.15, -0.1) is 0 Å². The van der Waals surface area contributed by atoms with Gasteiger partial charge < -0.3 is 10.1 Å². The molecular weight excluding hydrogens is 278 g/mol. The third kappa shape index (κ3) is 3.05. The molecule has 122 valence electrons. The summed E-state index contributed by atoms with van der Waals surface area (Å²) in [5, 5.41) is 7.72. The van der Waals surface area contributed by atoms with Crippen LogP contribution in [0.25, 0.3) is 0 Å². The van der Waals surface area contributed by atoms with Crippen molar-refractivity contribution in [1.29, 1.82) is 0 Å². The molecule has 1 aromatic heterocycles. The molecule has 3 rings (SSSR count). The predicted molar refractivity (Wildman–Crippen MR) is 85.1 cm³/mol. The zero-order valence-corrected chi connectivity index (χ0v) is 14.1. The molecule has 0 unspecified atom stereocenters. The summed E-state index contributed by atoms with van der Waals surface area (Å²) in [5.74, 6) is 0.982. The third-order valence-corrected chi connectivity index (χ3v) is 4.72. The highest BCUT2D eigenvalue weighted by Gasteiger charge is 2.35. The SMILES string of the molecule is COC[C@H]1CC[C@H]1NC(=O)c1cc(C2CC2)n(C(C)(C)C)n1. The number of ether oxygens (including phenoxy) is 1.